The summed E-state index contributed by atoms with van der Waals surface area (Å²) >= 11 is 0. The van der Waals surface area contributed by atoms with Crippen LogP contribution in [0.25, 0.3) is 10.8 Å². The minimum atomic E-state index is -4.55. The van der Waals surface area contributed by atoms with Crippen LogP contribution in [0.3, 0.4) is 0 Å². The predicted molar refractivity (Wildman–Crippen MR) is 111 cm³/mol. The maximum atomic E-state index is 14.5. The average molecular weight is 438 g/mol. The zero-order valence-electron chi connectivity index (χ0n) is 17.4. The van der Waals surface area contributed by atoms with Crippen LogP contribution in [0.5, 0.6) is 11.5 Å². The van der Waals surface area contributed by atoms with E-state index in [1.165, 1.54) is 24.3 Å². The van der Waals surface area contributed by atoms with Gasteiger partial charge in [0.15, 0.2) is 18.2 Å². The van der Waals surface area contributed by atoms with E-state index in [0.29, 0.717) is 11.3 Å². The molecule has 0 spiro atoms. The Morgan fingerprint density at radius 2 is 1.87 bits per heavy atom. The Labute approximate surface area is 179 Å². The van der Waals surface area contributed by atoms with E-state index < -0.39 is 24.3 Å². The number of carbonyl (C=O) groups is 1. The van der Waals surface area contributed by atoms with Crippen molar-refractivity contribution in [1.82, 2.24) is 0 Å². The SMILES string of the molecule is C/C=C/CCC1CCC(C(=O)Oc2ccc3c(F)c(OCC(F)(F)F)ccc3c2)CC1. The lowest BCUT2D eigenvalue weighted by atomic mass is 9.80. The smallest absolute Gasteiger partial charge is 0.422 e. The molecule has 0 saturated heterocycles. The van der Waals surface area contributed by atoms with Crippen LogP contribution in [0.1, 0.15) is 45.4 Å². The monoisotopic (exact) mass is 438 g/mol. The Balaban J connectivity index is 1.60. The Kier molecular flexibility index (Phi) is 7.57. The van der Waals surface area contributed by atoms with Crippen LogP contribution in [-0.4, -0.2) is 18.8 Å². The number of halogens is 4. The topological polar surface area (TPSA) is 35.5 Å². The fourth-order valence-electron chi connectivity index (χ4n) is 3.97. The lowest BCUT2D eigenvalue weighted by molar-refractivity contribution is -0.153. The third kappa shape index (κ3) is 6.45. The molecule has 2 aromatic carbocycles. The van der Waals surface area contributed by atoms with Crippen molar-refractivity contribution < 1.29 is 31.8 Å². The number of esters is 1. The highest BCUT2D eigenvalue weighted by Crippen LogP contribution is 2.34. The maximum Gasteiger partial charge on any atom is 0.422 e. The number of hydrogen-bond donors (Lipinski definition) is 0. The molecule has 0 aliphatic heterocycles. The van der Waals surface area contributed by atoms with E-state index in [2.05, 4.69) is 16.9 Å². The van der Waals surface area contributed by atoms with Crippen molar-refractivity contribution in [2.45, 2.75) is 51.6 Å². The highest BCUT2D eigenvalue weighted by atomic mass is 19.4. The first-order chi connectivity index (χ1) is 14.8. The maximum absolute atomic E-state index is 14.5. The molecule has 7 heteroatoms. The molecule has 31 heavy (non-hydrogen) atoms. The second-order valence-corrected chi connectivity index (χ2v) is 7.95. The lowest BCUT2D eigenvalue weighted by Crippen LogP contribution is -2.25. The summed E-state index contributed by atoms with van der Waals surface area (Å²) in [5.41, 5.74) is 0. The molecule has 2 aromatic rings. The molecule has 3 rings (SSSR count). The van der Waals surface area contributed by atoms with Crippen molar-refractivity contribution in [2.24, 2.45) is 11.8 Å². The van der Waals surface area contributed by atoms with E-state index in [4.69, 9.17) is 4.74 Å². The van der Waals surface area contributed by atoms with Crippen molar-refractivity contribution in [2.75, 3.05) is 6.61 Å². The van der Waals surface area contributed by atoms with Crippen LogP contribution in [0, 0.1) is 17.7 Å². The third-order valence-electron chi connectivity index (χ3n) is 5.66. The van der Waals surface area contributed by atoms with Crippen molar-refractivity contribution in [1.29, 1.82) is 0 Å². The second-order valence-electron chi connectivity index (χ2n) is 7.95. The first kappa shape index (κ1) is 23.1. The van der Waals surface area contributed by atoms with Gasteiger partial charge in [0.2, 0.25) is 0 Å². The largest absolute Gasteiger partial charge is 0.481 e. The summed E-state index contributed by atoms with van der Waals surface area (Å²) in [4.78, 5) is 12.5. The summed E-state index contributed by atoms with van der Waals surface area (Å²) in [6, 6.07) is 6.92. The quantitative estimate of drug-likeness (QED) is 0.202. The van der Waals surface area contributed by atoms with E-state index >= 15 is 0 Å². The molecule has 0 atom stereocenters. The zero-order valence-corrected chi connectivity index (χ0v) is 17.4. The molecule has 1 saturated carbocycles. The van der Waals surface area contributed by atoms with E-state index in [1.54, 1.807) is 0 Å². The van der Waals surface area contributed by atoms with Gasteiger partial charge in [-0.25, -0.2) is 4.39 Å². The van der Waals surface area contributed by atoms with Crippen molar-refractivity contribution in [3.63, 3.8) is 0 Å². The highest BCUT2D eigenvalue weighted by molar-refractivity contribution is 5.87. The molecular formula is C24H26F4O3. The molecular weight excluding hydrogens is 412 g/mol. The van der Waals surface area contributed by atoms with Gasteiger partial charge in [-0.15, -0.1) is 0 Å². The van der Waals surface area contributed by atoms with Gasteiger partial charge < -0.3 is 9.47 Å². The number of alkyl halides is 3. The van der Waals surface area contributed by atoms with Crippen LogP contribution in [0.4, 0.5) is 17.6 Å². The number of benzene rings is 2. The lowest BCUT2D eigenvalue weighted by Gasteiger charge is -2.26. The standard InChI is InChI=1S/C24H26F4O3/c1-2-3-4-5-16-6-8-17(9-7-16)23(29)31-19-11-12-20-18(14-19)10-13-21(22(20)25)30-15-24(26,27)28/h2-3,10-14,16-17H,4-9,15H2,1H3/b3-2+. The van der Waals surface area contributed by atoms with E-state index in [9.17, 15) is 22.4 Å². The van der Waals surface area contributed by atoms with Crippen LogP contribution in [0.2, 0.25) is 0 Å². The average Bonchev–Trinajstić information content (AvgIpc) is 2.73. The summed E-state index contributed by atoms with van der Waals surface area (Å²) < 4.78 is 61.4. The van der Waals surface area contributed by atoms with Gasteiger partial charge in [-0.1, -0.05) is 18.2 Å². The van der Waals surface area contributed by atoms with E-state index in [1.807, 2.05) is 6.92 Å². The van der Waals surface area contributed by atoms with Gasteiger partial charge in [0, 0.05) is 5.39 Å². The van der Waals surface area contributed by atoms with Gasteiger partial charge in [-0.2, -0.15) is 13.2 Å². The molecule has 3 nitrogen and oxygen atoms in total. The van der Waals surface area contributed by atoms with Crippen LogP contribution in [0.15, 0.2) is 42.5 Å². The zero-order chi connectivity index (χ0) is 22.4. The minimum Gasteiger partial charge on any atom is -0.481 e. The molecule has 0 N–H and O–H groups in total. The molecule has 0 bridgehead atoms. The fourth-order valence-corrected chi connectivity index (χ4v) is 3.97. The van der Waals surface area contributed by atoms with Gasteiger partial charge >= 0.3 is 12.1 Å². The van der Waals surface area contributed by atoms with Crippen LogP contribution in [-0.2, 0) is 4.79 Å². The molecule has 0 heterocycles. The highest BCUT2D eigenvalue weighted by Gasteiger charge is 2.29. The summed E-state index contributed by atoms with van der Waals surface area (Å²) in [7, 11) is 0. The molecule has 1 aliphatic rings. The first-order valence-corrected chi connectivity index (χ1v) is 10.5. The minimum absolute atomic E-state index is 0.0983. The van der Waals surface area contributed by atoms with Gasteiger partial charge in [0.05, 0.1) is 5.92 Å². The Hall–Kier alpha value is -2.57. The van der Waals surface area contributed by atoms with Gasteiger partial charge in [0.1, 0.15) is 5.75 Å². The number of allylic oxidation sites excluding steroid dienone is 2. The summed E-state index contributed by atoms with van der Waals surface area (Å²) in [5.74, 6) is -0.870. The van der Waals surface area contributed by atoms with Crippen LogP contribution >= 0.6 is 0 Å². The van der Waals surface area contributed by atoms with Crippen molar-refractivity contribution in [3.8, 4) is 11.5 Å². The normalized spacial score (nSPS) is 19.6. The van der Waals surface area contributed by atoms with Gasteiger partial charge in [0.25, 0.3) is 0 Å². The predicted octanol–water partition coefficient (Wildman–Crippen LogP) is 6.99. The van der Waals surface area contributed by atoms with Crippen LogP contribution < -0.4 is 9.47 Å². The number of rotatable bonds is 7. The summed E-state index contributed by atoms with van der Waals surface area (Å²) in [6.45, 7) is 0.442. The number of hydrogen-bond acceptors (Lipinski definition) is 3. The number of carbonyl (C=O) groups excluding carboxylic acids is 1. The second kappa shape index (κ2) is 10.2. The molecule has 1 aliphatic carbocycles. The van der Waals surface area contributed by atoms with Gasteiger partial charge in [-0.05, 0) is 81.0 Å². The first-order valence-electron chi connectivity index (χ1n) is 10.5. The third-order valence-corrected chi connectivity index (χ3v) is 5.66. The molecule has 168 valence electrons. The fraction of sp³-hybridized carbons (Fsp3) is 0.458. The Bertz CT molecular complexity index is 928. The van der Waals surface area contributed by atoms with Crippen molar-refractivity contribution >= 4 is 16.7 Å². The molecule has 0 amide bonds. The van der Waals surface area contributed by atoms with Gasteiger partial charge in [-0.3, -0.25) is 4.79 Å². The van der Waals surface area contributed by atoms with E-state index in [-0.39, 0.29) is 23.0 Å². The summed E-state index contributed by atoms with van der Waals surface area (Å²) in [5, 5.41) is 0.510. The van der Waals surface area contributed by atoms with E-state index in [0.717, 1.165) is 44.6 Å². The number of ether oxygens (including phenoxy) is 2. The Morgan fingerprint density at radius 1 is 1.13 bits per heavy atom. The molecule has 0 unspecified atom stereocenters. The van der Waals surface area contributed by atoms with Crippen molar-refractivity contribution in [3.05, 3.63) is 48.3 Å². The Morgan fingerprint density at radius 3 is 2.55 bits per heavy atom. The summed E-state index contributed by atoms with van der Waals surface area (Å²) in [6.07, 6.45) is 5.45. The molecule has 0 radical (unpaired) electrons. The number of fused-ring (bicyclic) bond motifs is 1. The molecule has 0 aromatic heterocycles. The molecule has 1 fully saturated rings.